The molecule has 4 rings (SSSR count). The topological polar surface area (TPSA) is 54.6 Å². The summed E-state index contributed by atoms with van der Waals surface area (Å²) in [5, 5.41) is 1.29. The Morgan fingerprint density at radius 3 is 2.48 bits per heavy atom. The Morgan fingerprint density at radius 1 is 1.00 bits per heavy atom. The molecule has 1 saturated heterocycles. The number of para-hydroxylation sites is 1. The van der Waals surface area contributed by atoms with Crippen LogP contribution in [0.5, 0.6) is 5.75 Å². The van der Waals surface area contributed by atoms with Gasteiger partial charge < -0.3 is 15.4 Å². The molecule has 0 unspecified atom stereocenters. The van der Waals surface area contributed by atoms with Crippen LogP contribution in [0.25, 0.3) is 10.9 Å². The molecule has 3 aromatic rings. The fraction of sp³-hybridized carbons (Fsp3) is 0.304. The summed E-state index contributed by atoms with van der Waals surface area (Å²) in [5.74, 6) is 0.761. The van der Waals surface area contributed by atoms with Gasteiger partial charge in [-0.25, -0.2) is 0 Å². The second kappa shape index (κ2) is 11.5. The smallest absolute Gasteiger partial charge is 0.259 e. The number of ether oxygens (including phenoxy) is 1. The number of halogens is 2. The lowest BCUT2D eigenvalue weighted by Gasteiger charge is -2.36. The van der Waals surface area contributed by atoms with Gasteiger partial charge in [0.25, 0.3) is 5.17 Å². The number of nitrogens with zero attached hydrogens (tertiary/aromatic N) is 3. The molecule has 166 valence electrons. The maximum Gasteiger partial charge on any atom is 0.259 e. The molecule has 1 aliphatic heterocycles. The predicted molar refractivity (Wildman–Crippen MR) is 137 cm³/mol. The highest BCUT2D eigenvalue weighted by Crippen LogP contribution is 2.27. The SMILES string of the molecule is Cc1ccc2c(N3CCN(CCc4ccccc4OC(N)=S)CC3)cccc2n1.Cl.Cl. The Hall–Kier alpha value is -2.12. The van der Waals surface area contributed by atoms with Gasteiger partial charge in [0, 0.05) is 49.5 Å². The quantitative estimate of drug-likeness (QED) is 0.549. The van der Waals surface area contributed by atoms with Crippen LogP contribution in [0.15, 0.2) is 54.6 Å². The number of rotatable bonds is 5. The number of aryl methyl sites for hydroxylation is 1. The number of anilines is 1. The molecule has 2 aromatic carbocycles. The van der Waals surface area contributed by atoms with E-state index in [2.05, 4.69) is 51.2 Å². The van der Waals surface area contributed by atoms with Gasteiger partial charge in [-0.1, -0.05) is 24.3 Å². The van der Waals surface area contributed by atoms with E-state index in [0.29, 0.717) is 0 Å². The van der Waals surface area contributed by atoms with Crippen LogP contribution in [0.4, 0.5) is 5.69 Å². The normalized spacial score (nSPS) is 13.9. The van der Waals surface area contributed by atoms with E-state index in [1.165, 1.54) is 11.1 Å². The Bertz CT molecular complexity index is 1030. The van der Waals surface area contributed by atoms with Gasteiger partial charge in [0.1, 0.15) is 5.75 Å². The number of fused-ring (bicyclic) bond motifs is 1. The predicted octanol–water partition coefficient (Wildman–Crippen LogP) is 4.37. The minimum absolute atomic E-state index is 0. The van der Waals surface area contributed by atoms with Crippen molar-refractivity contribution >= 4 is 58.8 Å². The highest BCUT2D eigenvalue weighted by molar-refractivity contribution is 7.80. The highest BCUT2D eigenvalue weighted by Gasteiger charge is 2.19. The van der Waals surface area contributed by atoms with Crippen molar-refractivity contribution in [3.63, 3.8) is 0 Å². The van der Waals surface area contributed by atoms with Gasteiger partial charge in [-0.2, -0.15) is 0 Å². The van der Waals surface area contributed by atoms with E-state index in [0.717, 1.165) is 61.7 Å². The third-order valence-electron chi connectivity index (χ3n) is 5.44. The minimum Gasteiger partial charge on any atom is -0.432 e. The second-order valence-electron chi connectivity index (χ2n) is 7.40. The molecule has 1 aliphatic rings. The minimum atomic E-state index is 0. The van der Waals surface area contributed by atoms with Crippen LogP contribution in [0, 0.1) is 6.92 Å². The monoisotopic (exact) mass is 478 g/mol. The zero-order valence-electron chi connectivity index (χ0n) is 17.5. The molecular formula is C23H28Cl2N4OS. The summed E-state index contributed by atoms with van der Waals surface area (Å²) in [5.41, 5.74) is 10.1. The number of hydrogen-bond acceptors (Lipinski definition) is 5. The highest BCUT2D eigenvalue weighted by atomic mass is 35.5. The molecule has 0 atom stereocenters. The van der Waals surface area contributed by atoms with Crippen LogP contribution in [0.3, 0.4) is 0 Å². The molecule has 8 heteroatoms. The molecule has 31 heavy (non-hydrogen) atoms. The summed E-state index contributed by atoms with van der Waals surface area (Å²) >= 11 is 4.88. The van der Waals surface area contributed by atoms with E-state index < -0.39 is 0 Å². The summed E-state index contributed by atoms with van der Waals surface area (Å²) in [6, 6.07) is 18.7. The fourth-order valence-corrected chi connectivity index (χ4v) is 4.02. The second-order valence-corrected chi connectivity index (χ2v) is 7.81. The summed E-state index contributed by atoms with van der Waals surface area (Å²) in [6.07, 6.45) is 0.913. The lowest BCUT2D eigenvalue weighted by molar-refractivity contribution is 0.260. The lowest BCUT2D eigenvalue weighted by atomic mass is 10.1. The number of benzene rings is 2. The zero-order valence-corrected chi connectivity index (χ0v) is 19.9. The molecule has 0 spiro atoms. The number of piperazine rings is 1. The summed E-state index contributed by atoms with van der Waals surface area (Å²) < 4.78 is 5.49. The maximum absolute atomic E-state index is 5.54. The van der Waals surface area contributed by atoms with Crippen LogP contribution < -0.4 is 15.4 Å². The van der Waals surface area contributed by atoms with E-state index in [4.69, 9.17) is 22.7 Å². The van der Waals surface area contributed by atoms with Crippen LogP contribution >= 0.6 is 37.0 Å². The van der Waals surface area contributed by atoms with Crippen molar-refractivity contribution in [3.05, 3.63) is 65.9 Å². The van der Waals surface area contributed by atoms with Crippen molar-refractivity contribution in [2.24, 2.45) is 5.73 Å². The van der Waals surface area contributed by atoms with Gasteiger partial charge in [0.15, 0.2) is 0 Å². The van der Waals surface area contributed by atoms with Gasteiger partial charge in [-0.3, -0.25) is 9.88 Å². The van der Waals surface area contributed by atoms with Crippen molar-refractivity contribution in [2.45, 2.75) is 13.3 Å². The first kappa shape index (κ1) is 25.1. The van der Waals surface area contributed by atoms with Crippen molar-refractivity contribution in [2.75, 3.05) is 37.6 Å². The standard InChI is InChI=1S/C23H26N4OS.2ClH/c1-17-9-10-19-20(25-17)6-4-7-21(19)27-15-13-26(14-16-27)12-11-18-5-2-3-8-22(18)28-23(24)29;;/h2-10H,11-16H2,1H3,(H2,24,29);2*1H. The van der Waals surface area contributed by atoms with Crippen molar-refractivity contribution < 1.29 is 4.74 Å². The van der Waals surface area contributed by atoms with Gasteiger partial charge >= 0.3 is 0 Å². The molecular weight excluding hydrogens is 451 g/mol. The molecule has 0 aliphatic carbocycles. The molecule has 1 fully saturated rings. The number of hydrogen-bond donors (Lipinski definition) is 1. The Kier molecular flexibility index (Phi) is 9.32. The van der Waals surface area contributed by atoms with Crippen molar-refractivity contribution in [3.8, 4) is 5.75 Å². The molecule has 5 nitrogen and oxygen atoms in total. The van der Waals surface area contributed by atoms with Gasteiger partial charge in [-0.15, -0.1) is 24.8 Å². The number of pyridine rings is 1. The Balaban J connectivity index is 0.00000171. The van der Waals surface area contributed by atoms with Crippen LogP contribution in [0.2, 0.25) is 0 Å². The Labute approximate surface area is 201 Å². The van der Waals surface area contributed by atoms with Gasteiger partial charge in [0.05, 0.1) is 5.52 Å². The van der Waals surface area contributed by atoms with Gasteiger partial charge in [-0.05, 0) is 61.5 Å². The third-order valence-corrected chi connectivity index (χ3v) is 5.52. The fourth-order valence-electron chi connectivity index (χ4n) is 3.93. The molecule has 1 aromatic heterocycles. The average molecular weight is 479 g/mol. The number of thiocarbonyl (C=S) groups is 1. The van der Waals surface area contributed by atoms with E-state index in [1.54, 1.807) is 0 Å². The van der Waals surface area contributed by atoms with Crippen molar-refractivity contribution in [1.29, 1.82) is 0 Å². The molecule has 0 saturated carbocycles. The molecule has 2 N–H and O–H groups in total. The first-order valence-corrected chi connectivity index (χ1v) is 10.4. The van der Waals surface area contributed by atoms with E-state index in [1.807, 2.05) is 25.1 Å². The molecule has 0 bridgehead atoms. The third kappa shape index (κ3) is 6.20. The number of aromatic nitrogens is 1. The lowest BCUT2D eigenvalue weighted by Crippen LogP contribution is -2.47. The molecule has 0 amide bonds. The average Bonchev–Trinajstić information content (AvgIpc) is 2.72. The van der Waals surface area contributed by atoms with Crippen molar-refractivity contribution in [1.82, 2.24) is 9.88 Å². The largest absolute Gasteiger partial charge is 0.432 e. The summed E-state index contributed by atoms with van der Waals surface area (Å²) in [7, 11) is 0. The maximum atomic E-state index is 5.54. The van der Waals surface area contributed by atoms with Gasteiger partial charge in [0.2, 0.25) is 0 Å². The summed E-state index contributed by atoms with van der Waals surface area (Å²) in [6.45, 7) is 7.12. The molecule has 0 radical (unpaired) electrons. The first-order valence-electron chi connectivity index (χ1n) is 9.99. The van der Waals surface area contributed by atoms with E-state index >= 15 is 0 Å². The molecule has 2 heterocycles. The summed E-state index contributed by atoms with van der Waals surface area (Å²) in [4.78, 5) is 9.64. The van der Waals surface area contributed by atoms with Crippen LogP contribution in [0.1, 0.15) is 11.3 Å². The Morgan fingerprint density at radius 2 is 1.74 bits per heavy atom. The first-order chi connectivity index (χ1) is 14.1. The van der Waals surface area contributed by atoms with Crippen LogP contribution in [-0.2, 0) is 6.42 Å². The van der Waals surface area contributed by atoms with E-state index in [-0.39, 0.29) is 30.0 Å². The van der Waals surface area contributed by atoms with E-state index in [9.17, 15) is 0 Å². The zero-order chi connectivity index (χ0) is 20.2. The van der Waals surface area contributed by atoms with Crippen LogP contribution in [-0.4, -0.2) is 47.8 Å². The number of nitrogens with two attached hydrogens (primary N) is 1.